The Bertz CT molecular complexity index is 462. The third-order valence-corrected chi connectivity index (χ3v) is 3.57. The van der Waals surface area contributed by atoms with Crippen LogP contribution in [0.5, 0.6) is 0 Å². The van der Waals surface area contributed by atoms with Crippen molar-refractivity contribution in [3.63, 3.8) is 0 Å². The van der Waals surface area contributed by atoms with Gasteiger partial charge in [-0.3, -0.25) is 4.79 Å². The van der Waals surface area contributed by atoms with E-state index in [0.717, 1.165) is 13.0 Å². The first-order chi connectivity index (χ1) is 8.50. The smallest absolute Gasteiger partial charge is 0.250 e. The number of amides is 1. The number of rotatable bonds is 2. The zero-order valence-corrected chi connectivity index (χ0v) is 10.5. The molecule has 5 N–H and O–H groups in total. The molecule has 18 heavy (non-hydrogen) atoms. The first-order valence-corrected chi connectivity index (χ1v) is 6.12. The number of anilines is 2. The number of para-hydroxylation sites is 1. The van der Waals surface area contributed by atoms with E-state index >= 15 is 0 Å². The molecule has 1 heterocycles. The Labute approximate surface area is 106 Å². The van der Waals surface area contributed by atoms with Gasteiger partial charge in [0.05, 0.1) is 23.0 Å². The number of nitrogens with zero attached hydrogens (tertiary/aromatic N) is 1. The first-order valence-electron chi connectivity index (χ1n) is 6.12. The number of hydrogen-bond donors (Lipinski definition) is 3. The second-order valence-electron chi connectivity index (χ2n) is 4.89. The second kappa shape index (κ2) is 4.86. The predicted octanol–water partition coefficient (Wildman–Crippen LogP) is 0.575. The minimum absolute atomic E-state index is 0.267. The first kappa shape index (κ1) is 12.7. The van der Waals surface area contributed by atoms with Crippen molar-refractivity contribution < 1.29 is 9.90 Å². The lowest BCUT2D eigenvalue weighted by molar-refractivity contribution is 0.0987. The van der Waals surface area contributed by atoms with E-state index in [1.165, 1.54) is 0 Å². The van der Waals surface area contributed by atoms with E-state index in [9.17, 15) is 9.90 Å². The largest absolute Gasteiger partial charge is 0.397 e. The van der Waals surface area contributed by atoms with Crippen molar-refractivity contribution in [3.8, 4) is 0 Å². The van der Waals surface area contributed by atoms with E-state index in [2.05, 4.69) is 0 Å². The van der Waals surface area contributed by atoms with Gasteiger partial charge in [0.2, 0.25) is 0 Å². The lowest BCUT2D eigenvalue weighted by Gasteiger charge is -2.37. The number of aliphatic hydroxyl groups is 1. The molecule has 1 aliphatic heterocycles. The molecule has 0 radical (unpaired) electrons. The van der Waals surface area contributed by atoms with Gasteiger partial charge >= 0.3 is 0 Å². The summed E-state index contributed by atoms with van der Waals surface area (Å²) in [7, 11) is 0. The topological polar surface area (TPSA) is 92.6 Å². The van der Waals surface area contributed by atoms with Gasteiger partial charge in [0.25, 0.3) is 5.91 Å². The van der Waals surface area contributed by atoms with Crippen LogP contribution in [0.3, 0.4) is 0 Å². The van der Waals surface area contributed by atoms with E-state index in [0.29, 0.717) is 23.5 Å². The summed E-state index contributed by atoms with van der Waals surface area (Å²) in [6.07, 6.45) is 0.465. The third-order valence-electron chi connectivity index (χ3n) is 3.57. The highest BCUT2D eigenvalue weighted by atomic mass is 16.3. The summed E-state index contributed by atoms with van der Waals surface area (Å²) in [5.74, 6) is -0.228. The van der Waals surface area contributed by atoms with Crippen molar-refractivity contribution in [2.75, 3.05) is 23.7 Å². The number of carbonyl (C=O) groups is 1. The Morgan fingerprint density at radius 3 is 2.83 bits per heavy atom. The summed E-state index contributed by atoms with van der Waals surface area (Å²) in [4.78, 5) is 13.4. The Morgan fingerprint density at radius 1 is 1.50 bits per heavy atom. The van der Waals surface area contributed by atoms with Crippen molar-refractivity contribution in [2.24, 2.45) is 11.7 Å². The van der Waals surface area contributed by atoms with Crippen LogP contribution >= 0.6 is 0 Å². The molecule has 5 heteroatoms. The number of benzene rings is 1. The zero-order chi connectivity index (χ0) is 13.3. The maximum Gasteiger partial charge on any atom is 0.250 e. The Kier molecular flexibility index (Phi) is 3.43. The molecule has 98 valence electrons. The van der Waals surface area contributed by atoms with Crippen molar-refractivity contribution >= 4 is 17.3 Å². The lowest BCUT2D eigenvalue weighted by Crippen LogP contribution is -2.43. The van der Waals surface area contributed by atoms with Gasteiger partial charge in [0, 0.05) is 13.1 Å². The van der Waals surface area contributed by atoms with Gasteiger partial charge in [-0.05, 0) is 24.5 Å². The monoisotopic (exact) mass is 249 g/mol. The van der Waals surface area contributed by atoms with E-state index in [-0.39, 0.29) is 5.92 Å². The van der Waals surface area contributed by atoms with Gasteiger partial charge < -0.3 is 21.5 Å². The van der Waals surface area contributed by atoms with Crippen LogP contribution in [0.15, 0.2) is 18.2 Å². The van der Waals surface area contributed by atoms with Crippen LogP contribution in [0, 0.1) is 5.92 Å². The molecule has 2 atom stereocenters. The Balaban J connectivity index is 2.36. The van der Waals surface area contributed by atoms with Crippen molar-refractivity contribution in [3.05, 3.63) is 23.8 Å². The van der Waals surface area contributed by atoms with E-state index in [1.807, 2.05) is 11.8 Å². The van der Waals surface area contributed by atoms with Crippen LogP contribution in [0.4, 0.5) is 11.4 Å². The molecule has 0 bridgehead atoms. The second-order valence-corrected chi connectivity index (χ2v) is 4.89. The minimum Gasteiger partial charge on any atom is -0.397 e. The van der Waals surface area contributed by atoms with Crippen LogP contribution in [0.2, 0.25) is 0 Å². The summed E-state index contributed by atoms with van der Waals surface area (Å²) < 4.78 is 0. The van der Waals surface area contributed by atoms with Crippen molar-refractivity contribution in [1.82, 2.24) is 0 Å². The third kappa shape index (κ3) is 2.26. The quantitative estimate of drug-likeness (QED) is 0.668. The lowest BCUT2D eigenvalue weighted by atomic mass is 9.95. The highest BCUT2D eigenvalue weighted by Gasteiger charge is 2.27. The van der Waals surface area contributed by atoms with Gasteiger partial charge in [-0.1, -0.05) is 13.0 Å². The van der Waals surface area contributed by atoms with Crippen molar-refractivity contribution in [1.29, 1.82) is 0 Å². The summed E-state index contributed by atoms with van der Waals surface area (Å²) >= 11 is 0. The molecule has 0 aromatic heterocycles. The number of piperidine rings is 1. The molecule has 5 nitrogen and oxygen atoms in total. The molecule has 2 rings (SSSR count). The van der Waals surface area contributed by atoms with Gasteiger partial charge in [0.1, 0.15) is 0 Å². The molecule has 1 aliphatic rings. The minimum atomic E-state index is -0.495. The van der Waals surface area contributed by atoms with E-state index in [1.54, 1.807) is 18.2 Å². The van der Waals surface area contributed by atoms with Crippen molar-refractivity contribution in [2.45, 2.75) is 19.4 Å². The molecular weight excluding hydrogens is 230 g/mol. The maximum atomic E-state index is 11.4. The fourth-order valence-corrected chi connectivity index (χ4v) is 2.37. The average Bonchev–Trinajstić information content (AvgIpc) is 2.32. The Morgan fingerprint density at radius 2 is 2.22 bits per heavy atom. The normalized spacial score (nSPS) is 24.0. The number of carbonyl (C=O) groups excluding carboxylic acids is 1. The molecule has 0 spiro atoms. The van der Waals surface area contributed by atoms with Crippen LogP contribution in [0.25, 0.3) is 0 Å². The molecule has 2 unspecified atom stereocenters. The standard InChI is InChI=1S/C13H19N3O2/c1-8-5-6-16(7-11(8)17)12-9(13(15)18)3-2-4-10(12)14/h2-4,8,11,17H,5-7,14H2,1H3,(H2,15,18). The summed E-state index contributed by atoms with van der Waals surface area (Å²) in [6, 6.07) is 5.12. The average molecular weight is 249 g/mol. The molecular formula is C13H19N3O2. The molecule has 0 aliphatic carbocycles. The number of nitrogen functional groups attached to an aromatic ring is 1. The van der Waals surface area contributed by atoms with Gasteiger partial charge in [-0.2, -0.15) is 0 Å². The predicted molar refractivity (Wildman–Crippen MR) is 71.4 cm³/mol. The van der Waals surface area contributed by atoms with E-state index < -0.39 is 12.0 Å². The van der Waals surface area contributed by atoms with Crippen LogP contribution in [-0.2, 0) is 0 Å². The fraction of sp³-hybridized carbons (Fsp3) is 0.462. The van der Waals surface area contributed by atoms with Gasteiger partial charge in [-0.15, -0.1) is 0 Å². The van der Waals surface area contributed by atoms with Gasteiger partial charge in [-0.25, -0.2) is 0 Å². The zero-order valence-electron chi connectivity index (χ0n) is 10.5. The number of hydrogen-bond acceptors (Lipinski definition) is 4. The number of aliphatic hydroxyl groups excluding tert-OH is 1. The van der Waals surface area contributed by atoms with Gasteiger partial charge in [0.15, 0.2) is 0 Å². The molecule has 1 amide bonds. The number of primary amides is 1. The molecule has 0 saturated carbocycles. The van der Waals surface area contributed by atoms with Crippen LogP contribution < -0.4 is 16.4 Å². The molecule has 1 fully saturated rings. The van der Waals surface area contributed by atoms with Crippen LogP contribution in [-0.4, -0.2) is 30.2 Å². The number of nitrogens with two attached hydrogens (primary N) is 2. The highest BCUT2D eigenvalue weighted by Crippen LogP contribution is 2.31. The maximum absolute atomic E-state index is 11.4. The summed E-state index contributed by atoms with van der Waals surface area (Å²) in [6.45, 7) is 3.27. The van der Waals surface area contributed by atoms with Crippen LogP contribution in [0.1, 0.15) is 23.7 Å². The number of β-amino-alcohol motifs (C(OH)–C–C–N with tert-alkyl or cyclic N) is 1. The Hall–Kier alpha value is -1.75. The summed E-state index contributed by atoms with van der Waals surface area (Å²) in [5.41, 5.74) is 12.9. The molecule has 1 saturated heterocycles. The molecule has 1 aromatic rings. The molecule has 1 aromatic carbocycles. The fourth-order valence-electron chi connectivity index (χ4n) is 2.37. The SMILES string of the molecule is CC1CCN(c2c(N)cccc2C(N)=O)CC1O. The van der Waals surface area contributed by atoms with E-state index in [4.69, 9.17) is 11.5 Å². The highest BCUT2D eigenvalue weighted by molar-refractivity contribution is 6.01. The summed E-state index contributed by atoms with van der Waals surface area (Å²) in [5, 5.41) is 9.93.